The first kappa shape index (κ1) is 24.1. The second kappa shape index (κ2) is 8.78. The van der Waals surface area contributed by atoms with Crippen molar-refractivity contribution in [1.29, 1.82) is 0 Å². The van der Waals surface area contributed by atoms with Crippen LogP contribution in [-0.2, 0) is 27.9 Å². The largest absolute Gasteiger partial charge is 0.381 e. The van der Waals surface area contributed by atoms with Gasteiger partial charge in [0.15, 0.2) is 5.82 Å². The van der Waals surface area contributed by atoms with Crippen LogP contribution in [-0.4, -0.2) is 55.0 Å². The van der Waals surface area contributed by atoms with E-state index in [1.807, 2.05) is 7.11 Å². The molecule has 3 aliphatic heterocycles. The summed E-state index contributed by atoms with van der Waals surface area (Å²) >= 11 is 0. The monoisotopic (exact) mass is 510 g/mol. The highest BCUT2D eigenvalue weighted by atomic mass is 16.5. The molecule has 1 aromatic heterocycles. The first-order chi connectivity index (χ1) is 18.4. The summed E-state index contributed by atoms with van der Waals surface area (Å²) < 4.78 is 11.3. The summed E-state index contributed by atoms with van der Waals surface area (Å²) in [6.45, 7) is 12.3. The van der Waals surface area contributed by atoms with Crippen molar-refractivity contribution in [2.24, 2.45) is 0 Å². The molecule has 2 saturated heterocycles. The highest BCUT2D eigenvalue weighted by Crippen LogP contribution is 2.49. The maximum atomic E-state index is 5.70. The van der Waals surface area contributed by atoms with Gasteiger partial charge in [-0.25, -0.2) is 9.97 Å². The van der Waals surface area contributed by atoms with Crippen LogP contribution in [0.5, 0.6) is 0 Å². The first-order valence-electron chi connectivity index (χ1n) is 14.1. The number of piperidine rings is 1. The first-order valence-corrected chi connectivity index (χ1v) is 14.1. The van der Waals surface area contributed by atoms with Crippen LogP contribution in [0, 0.1) is 20.8 Å². The van der Waals surface area contributed by atoms with Crippen molar-refractivity contribution in [3.8, 4) is 11.4 Å². The molecule has 0 bridgehead atoms. The van der Waals surface area contributed by atoms with Crippen LogP contribution in [0.25, 0.3) is 11.4 Å². The number of rotatable bonds is 5. The molecule has 4 heterocycles. The molecular weight excluding hydrogens is 472 g/mol. The Labute approximate surface area is 226 Å². The summed E-state index contributed by atoms with van der Waals surface area (Å²) in [7, 11) is 1.84. The van der Waals surface area contributed by atoms with E-state index in [1.54, 1.807) is 0 Å². The molecule has 2 unspecified atom stereocenters. The Morgan fingerprint density at radius 1 is 0.974 bits per heavy atom. The molecule has 1 aliphatic carbocycles. The topological polar surface area (TPSA) is 50.5 Å². The molecule has 6 heteroatoms. The number of aryl methyl sites for hydroxylation is 3. The number of anilines is 2. The Morgan fingerprint density at radius 3 is 2.37 bits per heavy atom. The van der Waals surface area contributed by atoms with Crippen LogP contribution in [0.15, 0.2) is 36.4 Å². The maximum absolute atomic E-state index is 5.70. The fraction of sp³-hybridized carbons (Fsp3) is 0.500. The molecule has 0 N–H and O–H groups in total. The number of ether oxygens (including phenoxy) is 2. The summed E-state index contributed by atoms with van der Waals surface area (Å²) in [6, 6.07) is 14.5. The smallest absolute Gasteiger partial charge is 0.162 e. The standard InChI is InChI=1S/C32H38N4O2/c1-19-9-10-22(32(4)17-38-18-32)13-26(19)35-12-11-25-24(16-35)31(36-27-14-23(37-5)15-28(27)36)34-30(33-25)29-20(2)7-6-8-21(29)3/h6-10,13,23,27-28H,11-12,14-18H2,1-5H3/t23?,27-,28?,36?/m1/s1. The van der Waals surface area contributed by atoms with Gasteiger partial charge in [0.05, 0.1) is 37.1 Å². The van der Waals surface area contributed by atoms with Gasteiger partial charge in [0.2, 0.25) is 0 Å². The fourth-order valence-corrected chi connectivity index (χ4v) is 7.01. The van der Waals surface area contributed by atoms with Gasteiger partial charge in [0, 0.05) is 48.8 Å². The number of methoxy groups -OCH3 is 1. The number of hydrogen-bond donors (Lipinski definition) is 0. The zero-order valence-corrected chi connectivity index (χ0v) is 23.3. The van der Waals surface area contributed by atoms with Gasteiger partial charge < -0.3 is 19.3 Å². The number of aromatic nitrogens is 2. The van der Waals surface area contributed by atoms with Crippen LogP contribution < -0.4 is 9.80 Å². The number of nitrogens with zero attached hydrogens (tertiary/aromatic N) is 4. The molecular formula is C32H38N4O2. The summed E-state index contributed by atoms with van der Waals surface area (Å²) in [5.74, 6) is 2.03. The van der Waals surface area contributed by atoms with Crippen molar-refractivity contribution in [2.75, 3.05) is 36.7 Å². The van der Waals surface area contributed by atoms with Crippen LogP contribution in [0.3, 0.4) is 0 Å². The van der Waals surface area contributed by atoms with E-state index >= 15 is 0 Å². The minimum absolute atomic E-state index is 0.125. The molecule has 3 fully saturated rings. The Morgan fingerprint density at radius 2 is 1.71 bits per heavy atom. The second-order valence-electron chi connectivity index (χ2n) is 12.2. The normalized spacial score (nSPS) is 25.1. The Kier molecular flexibility index (Phi) is 5.57. The number of fused-ring (bicyclic) bond motifs is 2. The molecule has 198 valence electrons. The van der Waals surface area contributed by atoms with E-state index in [9.17, 15) is 0 Å². The molecule has 38 heavy (non-hydrogen) atoms. The van der Waals surface area contributed by atoms with Gasteiger partial charge >= 0.3 is 0 Å². The third-order valence-corrected chi connectivity index (χ3v) is 9.49. The fourth-order valence-electron chi connectivity index (χ4n) is 7.01. The maximum Gasteiger partial charge on any atom is 0.162 e. The van der Waals surface area contributed by atoms with Crippen molar-refractivity contribution in [3.63, 3.8) is 0 Å². The SMILES string of the molecule is COC1CC2[C@@H](C1)N2c1nc(-c2c(C)cccc2C)nc2c1CN(c1cc(C3(C)COC3)ccc1C)CC2. The lowest BCUT2D eigenvalue weighted by molar-refractivity contribution is -0.0499. The van der Waals surface area contributed by atoms with Gasteiger partial charge in [0.25, 0.3) is 0 Å². The van der Waals surface area contributed by atoms with Crippen molar-refractivity contribution >= 4 is 11.5 Å². The zero-order valence-electron chi connectivity index (χ0n) is 23.3. The van der Waals surface area contributed by atoms with Gasteiger partial charge in [-0.1, -0.05) is 37.3 Å². The van der Waals surface area contributed by atoms with Crippen molar-refractivity contribution in [1.82, 2.24) is 9.97 Å². The minimum Gasteiger partial charge on any atom is -0.381 e. The third kappa shape index (κ3) is 3.76. The summed E-state index contributed by atoms with van der Waals surface area (Å²) in [6.07, 6.45) is 3.47. The molecule has 3 atom stereocenters. The van der Waals surface area contributed by atoms with Crippen molar-refractivity contribution in [2.45, 2.75) is 77.1 Å². The predicted octanol–water partition coefficient (Wildman–Crippen LogP) is 5.29. The van der Waals surface area contributed by atoms with E-state index < -0.39 is 0 Å². The molecule has 1 saturated carbocycles. The quantitative estimate of drug-likeness (QED) is 0.435. The van der Waals surface area contributed by atoms with Gasteiger partial charge in [-0.3, -0.25) is 0 Å². The molecule has 0 spiro atoms. The third-order valence-electron chi connectivity index (χ3n) is 9.49. The lowest BCUT2D eigenvalue weighted by Gasteiger charge is -2.40. The van der Waals surface area contributed by atoms with Crippen LogP contribution >= 0.6 is 0 Å². The van der Waals surface area contributed by atoms with Gasteiger partial charge in [-0.05, 0) is 61.9 Å². The zero-order chi connectivity index (χ0) is 26.2. The van der Waals surface area contributed by atoms with E-state index in [1.165, 1.54) is 44.8 Å². The van der Waals surface area contributed by atoms with E-state index in [0.717, 1.165) is 57.2 Å². The second-order valence-corrected chi connectivity index (χ2v) is 12.2. The van der Waals surface area contributed by atoms with Gasteiger partial charge in [-0.2, -0.15) is 0 Å². The van der Waals surface area contributed by atoms with Gasteiger partial charge in [-0.15, -0.1) is 0 Å². The average molecular weight is 511 g/mol. The lowest BCUT2D eigenvalue weighted by Crippen LogP contribution is -2.44. The Hall–Kier alpha value is -2.96. The summed E-state index contributed by atoms with van der Waals surface area (Å²) in [5, 5.41) is 0. The molecule has 0 amide bonds. The number of hydrogen-bond acceptors (Lipinski definition) is 6. The van der Waals surface area contributed by atoms with Gasteiger partial charge in [0.1, 0.15) is 5.82 Å². The molecule has 6 nitrogen and oxygen atoms in total. The average Bonchev–Trinajstić information content (AvgIpc) is 3.38. The number of benzene rings is 2. The van der Waals surface area contributed by atoms with Crippen LogP contribution in [0.1, 0.15) is 53.3 Å². The highest BCUT2D eigenvalue weighted by Gasteiger charge is 2.56. The van der Waals surface area contributed by atoms with Crippen LogP contribution in [0.2, 0.25) is 0 Å². The Bertz CT molecular complexity index is 1380. The van der Waals surface area contributed by atoms with Crippen molar-refractivity contribution < 1.29 is 9.47 Å². The molecule has 7 rings (SSSR count). The van der Waals surface area contributed by atoms with Crippen LogP contribution in [0.4, 0.5) is 11.5 Å². The molecule has 0 radical (unpaired) electrons. The molecule has 2 aromatic carbocycles. The van der Waals surface area contributed by atoms with E-state index in [4.69, 9.17) is 19.4 Å². The minimum atomic E-state index is 0.125. The van der Waals surface area contributed by atoms with E-state index in [-0.39, 0.29) is 5.41 Å². The van der Waals surface area contributed by atoms with E-state index in [0.29, 0.717) is 18.2 Å². The summed E-state index contributed by atoms with van der Waals surface area (Å²) in [4.78, 5) is 15.7. The van der Waals surface area contributed by atoms with E-state index in [2.05, 4.69) is 73.9 Å². The summed E-state index contributed by atoms with van der Waals surface area (Å²) in [5.41, 5.74) is 10.3. The highest BCUT2D eigenvalue weighted by molar-refractivity contribution is 5.70. The lowest BCUT2D eigenvalue weighted by atomic mass is 9.80. The molecule has 3 aromatic rings. The Balaban J connectivity index is 1.28. The molecule has 4 aliphatic rings. The van der Waals surface area contributed by atoms with Crippen molar-refractivity contribution in [3.05, 3.63) is 69.9 Å². The predicted molar refractivity (Wildman–Crippen MR) is 151 cm³/mol.